The maximum absolute atomic E-state index is 3.85. The molecule has 0 bridgehead atoms. The SMILES string of the molecule is Cc1ccccc1N1CC2C(C)NC(C)C2C12CCN(C)CC2. The van der Waals surface area contributed by atoms with Crippen molar-refractivity contribution in [2.75, 3.05) is 31.6 Å². The van der Waals surface area contributed by atoms with Gasteiger partial charge in [0.15, 0.2) is 0 Å². The highest BCUT2D eigenvalue weighted by molar-refractivity contribution is 5.57. The van der Waals surface area contributed by atoms with Gasteiger partial charge in [0.1, 0.15) is 0 Å². The van der Waals surface area contributed by atoms with E-state index in [2.05, 4.69) is 67.2 Å². The Morgan fingerprint density at radius 2 is 1.78 bits per heavy atom. The van der Waals surface area contributed by atoms with Gasteiger partial charge in [-0.15, -0.1) is 0 Å². The molecule has 3 heteroatoms. The van der Waals surface area contributed by atoms with Crippen molar-refractivity contribution in [1.82, 2.24) is 10.2 Å². The summed E-state index contributed by atoms with van der Waals surface area (Å²) in [7, 11) is 2.27. The van der Waals surface area contributed by atoms with Crippen molar-refractivity contribution in [3.8, 4) is 0 Å². The molecule has 0 radical (unpaired) electrons. The Labute approximate surface area is 141 Å². The van der Waals surface area contributed by atoms with Crippen molar-refractivity contribution < 1.29 is 0 Å². The van der Waals surface area contributed by atoms with Gasteiger partial charge in [0, 0.05) is 48.9 Å². The molecule has 3 aliphatic heterocycles. The molecule has 0 saturated carbocycles. The summed E-state index contributed by atoms with van der Waals surface area (Å²) < 4.78 is 0. The Morgan fingerprint density at radius 3 is 2.48 bits per heavy atom. The number of benzene rings is 1. The second-order valence-electron chi connectivity index (χ2n) is 8.24. The molecule has 1 aromatic carbocycles. The smallest absolute Gasteiger partial charge is 0.0473 e. The van der Waals surface area contributed by atoms with Crippen molar-refractivity contribution >= 4 is 5.69 Å². The summed E-state index contributed by atoms with van der Waals surface area (Å²) in [4.78, 5) is 5.32. The lowest BCUT2D eigenvalue weighted by molar-refractivity contribution is 0.139. The van der Waals surface area contributed by atoms with Gasteiger partial charge in [-0.25, -0.2) is 0 Å². The van der Waals surface area contributed by atoms with Crippen LogP contribution in [0.1, 0.15) is 32.3 Å². The number of likely N-dealkylation sites (tertiary alicyclic amines) is 1. The highest BCUT2D eigenvalue weighted by Crippen LogP contribution is 2.52. The van der Waals surface area contributed by atoms with Crippen molar-refractivity contribution in [2.24, 2.45) is 11.8 Å². The topological polar surface area (TPSA) is 18.5 Å². The Kier molecular flexibility index (Phi) is 3.69. The van der Waals surface area contributed by atoms with Gasteiger partial charge >= 0.3 is 0 Å². The van der Waals surface area contributed by atoms with Gasteiger partial charge in [0.05, 0.1) is 0 Å². The van der Waals surface area contributed by atoms with E-state index in [4.69, 9.17) is 0 Å². The summed E-state index contributed by atoms with van der Waals surface area (Å²) in [6, 6.07) is 10.3. The van der Waals surface area contributed by atoms with Gasteiger partial charge in [-0.2, -0.15) is 0 Å². The van der Waals surface area contributed by atoms with Crippen LogP contribution in [0.25, 0.3) is 0 Å². The Morgan fingerprint density at radius 1 is 1.09 bits per heavy atom. The molecular weight excluding hydrogens is 282 g/mol. The van der Waals surface area contributed by atoms with E-state index in [1.807, 2.05) is 0 Å². The molecule has 4 unspecified atom stereocenters. The third kappa shape index (κ3) is 2.24. The van der Waals surface area contributed by atoms with Gasteiger partial charge in [-0.1, -0.05) is 18.2 Å². The van der Waals surface area contributed by atoms with E-state index in [0.29, 0.717) is 17.6 Å². The predicted octanol–water partition coefficient (Wildman–Crippen LogP) is 2.89. The molecule has 1 spiro atoms. The molecule has 0 amide bonds. The van der Waals surface area contributed by atoms with Gasteiger partial charge in [-0.3, -0.25) is 0 Å². The summed E-state index contributed by atoms with van der Waals surface area (Å²) >= 11 is 0. The minimum atomic E-state index is 0.348. The molecule has 3 saturated heterocycles. The van der Waals surface area contributed by atoms with Crippen LogP contribution in [0.5, 0.6) is 0 Å². The van der Waals surface area contributed by atoms with Crippen LogP contribution in [0.4, 0.5) is 5.69 Å². The minimum absolute atomic E-state index is 0.348. The fourth-order valence-electron chi connectivity index (χ4n) is 5.85. The Bertz CT molecular complexity index is 576. The van der Waals surface area contributed by atoms with Crippen molar-refractivity contribution in [3.05, 3.63) is 29.8 Å². The summed E-state index contributed by atoms with van der Waals surface area (Å²) in [5.74, 6) is 1.57. The third-order valence-electron chi connectivity index (χ3n) is 6.98. The number of rotatable bonds is 1. The molecule has 3 aliphatic rings. The normalized spacial score (nSPS) is 36.6. The Balaban J connectivity index is 1.77. The number of nitrogens with one attached hydrogen (secondary N) is 1. The van der Waals surface area contributed by atoms with Crippen LogP contribution in [0.3, 0.4) is 0 Å². The Hall–Kier alpha value is -1.06. The van der Waals surface area contributed by atoms with Gasteiger partial charge < -0.3 is 15.1 Å². The lowest BCUT2D eigenvalue weighted by atomic mass is 9.71. The first-order valence-corrected chi connectivity index (χ1v) is 9.31. The predicted molar refractivity (Wildman–Crippen MR) is 97.0 cm³/mol. The second-order valence-corrected chi connectivity index (χ2v) is 8.24. The molecule has 23 heavy (non-hydrogen) atoms. The van der Waals surface area contributed by atoms with Crippen LogP contribution in [-0.4, -0.2) is 49.2 Å². The fraction of sp³-hybridized carbons (Fsp3) is 0.700. The van der Waals surface area contributed by atoms with Crippen molar-refractivity contribution in [3.63, 3.8) is 0 Å². The third-order valence-corrected chi connectivity index (χ3v) is 6.98. The molecule has 3 nitrogen and oxygen atoms in total. The number of hydrogen-bond acceptors (Lipinski definition) is 3. The standard InChI is InChI=1S/C20H31N3/c1-14-7-5-6-8-18(14)23-13-17-15(2)21-16(3)19(17)20(23)9-11-22(4)12-10-20/h5-8,15-17,19,21H,9-13H2,1-4H3. The van der Waals surface area contributed by atoms with E-state index in [0.717, 1.165) is 11.8 Å². The zero-order valence-electron chi connectivity index (χ0n) is 15.0. The number of nitrogens with zero attached hydrogens (tertiary/aromatic N) is 2. The molecule has 3 heterocycles. The number of piperidine rings is 1. The number of aryl methyl sites for hydroxylation is 1. The molecular formula is C20H31N3. The second kappa shape index (κ2) is 5.49. The van der Waals surface area contributed by atoms with Gasteiger partial charge in [0.2, 0.25) is 0 Å². The largest absolute Gasteiger partial charge is 0.365 e. The van der Waals surface area contributed by atoms with Crippen LogP contribution in [0.15, 0.2) is 24.3 Å². The average Bonchev–Trinajstić information content (AvgIpc) is 3.00. The molecule has 4 atom stereocenters. The molecule has 3 fully saturated rings. The van der Waals surface area contributed by atoms with E-state index in [1.54, 1.807) is 0 Å². The fourth-order valence-corrected chi connectivity index (χ4v) is 5.85. The van der Waals surface area contributed by atoms with Gasteiger partial charge in [-0.05, 0) is 58.2 Å². The summed E-state index contributed by atoms with van der Waals surface area (Å²) in [6.07, 6.45) is 2.61. The lowest BCUT2D eigenvalue weighted by Crippen LogP contribution is -2.57. The quantitative estimate of drug-likeness (QED) is 0.860. The first-order valence-electron chi connectivity index (χ1n) is 9.31. The maximum atomic E-state index is 3.85. The number of fused-ring (bicyclic) bond motifs is 2. The van der Waals surface area contributed by atoms with Crippen molar-refractivity contribution in [2.45, 2.75) is 51.2 Å². The van der Waals surface area contributed by atoms with E-state index in [1.165, 1.54) is 43.7 Å². The monoisotopic (exact) mass is 313 g/mol. The zero-order chi connectivity index (χ0) is 16.2. The summed E-state index contributed by atoms with van der Waals surface area (Å²) in [5.41, 5.74) is 3.25. The molecule has 0 aliphatic carbocycles. The highest BCUT2D eigenvalue weighted by atomic mass is 15.3. The van der Waals surface area contributed by atoms with E-state index < -0.39 is 0 Å². The molecule has 126 valence electrons. The summed E-state index contributed by atoms with van der Waals surface area (Å²) in [5, 5.41) is 3.85. The lowest BCUT2D eigenvalue weighted by Gasteiger charge is -2.49. The average molecular weight is 313 g/mol. The molecule has 0 aromatic heterocycles. The molecule has 1 N–H and O–H groups in total. The number of para-hydroxylation sites is 1. The number of anilines is 1. The first kappa shape index (κ1) is 15.5. The molecule has 1 aromatic rings. The maximum Gasteiger partial charge on any atom is 0.0473 e. The van der Waals surface area contributed by atoms with Crippen LogP contribution in [0, 0.1) is 18.8 Å². The van der Waals surface area contributed by atoms with E-state index in [9.17, 15) is 0 Å². The van der Waals surface area contributed by atoms with E-state index in [-0.39, 0.29) is 0 Å². The van der Waals surface area contributed by atoms with Crippen LogP contribution < -0.4 is 10.2 Å². The van der Waals surface area contributed by atoms with Crippen LogP contribution in [-0.2, 0) is 0 Å². The zero-order valence-corrected chi connectivity index (χ0v) is 15.0. The van der Waals surface area contributed by atoms with Crippen molar-refractivity contribution in [1.29, 1.82) is 0 Å². The van der Waals surface area contributed by atoms with Crippen LogP contribution in [0.2, 0.25) is 0 Å². The van der Waals surface area contributed by atoms with Gasteiger partial charge in [0.25, 0.3) is 0 Å². The minimum Gasteiger partial charge on any atom is -0.365 e. The van der Waals surface area contributed by atoms with Crippen LogP contribution >= 0.6 is 0 Å². The summed E-state index contributed by atoms with van der Waals surface area (Å²) in [6.45, 7) is 10.8. The molecule has 4 rings (SSSR count). The number of hydrogen-bond donors (Lipinski definition) is 1. The highest BCUT2D eigenvalue weighted by Gasteiger charge is 2.60. The first-order chi connectivity index (χ1) is 11.0. The van der Waals surface area contributed by atoms with E-state index >= 15 is 0 Å².